The van der Waals surface area contributed by atoms with Crippen molar-refractivity contribution in [1.29, 1.82) is 0 Å². The van der Waals surface area contributed by atoms with Crippen LogP contribution in [0.5, 0.6) is 0 Å². The number of aromatic amines is 1. The Bertz CT molecular complexity index is 1060. The number of hydrogen-bond donors (Lipinski definition) is 1. The summed E-state index contributed by atoms with van der Waals surface area (Å²) < 4.78 is 2.08. The van der Waals surface area contributed by atoms with Crippen molar-refractivity contribution in [3.05, 3.63) is 58.7 Å². The van der Waals surface area contributed by atoms with Gasteiger partial charge in [0.15, 0.2) is 5.16 Å². The van der Waals surface area contributed by atoms with Gasteiger partial charge in [0.05, 0.1) is 4.90 Å². The zero-order chi connectivity index (χ0) is 20.2. The molecular weight excluding hydrogens is 382 g/mol. The maximum absolute atomic E-state index is 12.7. The van der Waals surface area contributed by atoms with E-state index in [1.165, 1.54) is 44.1 Å². The normalized spacial score (nSPS) is 15.1. The van der Waals surface area contributed by atoms with Crippen LogP contribution in [0.25, 0.3) is 10.9 Å². The third kappa shape index (κ3) is 4.31. The van der Waals surface area contributed by atoms with Gasteiger partial charge in [-0.3, -0.25) is 4.79 Å². The molecule has 3 aromatic rings. The van der Waals surface area contributed by atoms with Crippen molar-refractivity contribution < 1.29 is 0 Å². The molecule has 1 aliphatic rings. The second-order valence-corrected chi connectivity index (χ2v) is 8.48. The fraction of sp³-hybridized carbons (Fsp3) is 0.409. The summed E-state index contributed by atoms with van der Waals surface area (Å²) in [7, 11) is 0. The summed E-state index contributed by atoms with van der Waals surface area (Å²) in [6.45, 7) is 9.85. The lowest BCUT2D eigenvalue weighted by Crippen LogP contribution is -2.32. The summed E-state index contributed by atoms with van der Waals surface area (Å²) in [5.74, 6) is 0.952. The lowest BCUT2D eigenvalue weighted by atomic mass is 10.1. The van der Waals surface area contributed by atoms with E-state index >= 15 is 0 Å². The Hall–Kier alpha value is -2.38. The van der Waals surface area contributed by atoms with Gasteiger partial charge in [-0.25, -0.2) is 0 Å². The van der Waals surface area contributed by atoms with Crippen molar-refractivity contribution in [2.75, 3.05) is 19.6 Å². The molecule has 0 unspecified atom stereocenters. The summed E-state index contributed by atoms with van der Waals surface area (Å²) in [5.41, 5.74) is 1.74. The molecule has 7 heteroatoms. The van der Waals surface area contributed by atoms with Gasteiger partial charge >= 0.3 is 0 Å². The molecule has 2 aromatic heterocycles. The first-order chi connectivity index (χ1) is 14.2. The van der Waals surface area contributed by atoms with E-state index < -0.39 is 0 Å². The van der Waals surface area contributed by atoms with Crippen LogP contribution in [0.4, 0.5) is 0 Å². The van der Waals surface area contributed by atoms with Gasteiger partial charge in [-0.2, -0.15) is 0 Å². The molecule has 0 radical (unpaired) electrons. The minimum absolute atomic E-state index is 0.0887. The molecule has 1 fully saturated rings. The van der Waals surface area contributed by atoms with Crippen molar-refractivity contribution in [1.82, 2.24) is 24.6 Å². The molecule has 0 bridgehead atoms. The van der Waals surface area contributed by atoms with Crippen LogP contribution in [-0.2, 0) is 13.0 Å². The molecule has 1 aromatic carbocycles. The van der Waals surface area contributed by atoms with Crippen LogP contribution in [0.15, 0.2) is 51.8 Å². The lowest BCUT2D eigenvalue weighted by molar-refractivity contribution is 0.229. The van der Waals surface area contributed by atoms with E-state index in [-0.39, 0.29) is 5.56 Å². The van der Waals surface area contributed by atoms with Gasteiger partial charge in [-0.05, 0) is 56.2 Å². The summed E-state index contributed by atoms with van der Waals surface area (Å²) >= 11 is 1.39. The van der Waals surface area contributed by atoms with Crippen molar-refractivity contribution in [3.8, 4) is 0 Å². The number of piperidine rings is 1. The van der Waals surface area contributed by atoms with E-state index in [1.807, 2.05) is 37.3 Å². The van der Waals surface area contributed by atoms with Crippen molar-refractivity contribution in [3.63, 3.8) is 0 Å². The van der Waals surface area contributed by atoms with E-state index in [1.54, 1.807) is 0 Å². The second kappa shape index (κ2) is 8.97. The Balaban J connectivity index is 1.60. The summed E-state index contributed by atoms with van der Waals surface area (Å²) in [5, 5.41) is 10.6. The number of H-pyrrole nitrogens is 1. The molecule has 0 amide bonds. The van der Waals surface area contributed by atoms with E-state index in [2.05, 4.69) is 31.2 Å². The van der Waals surface area contributed by atoms with Crippen LogP contribution in [0.2, 0.25) is 0 Å². The second-order valence-electron chi connectivity index (χ2n) is 7.51. The highest BCUT2D eigenvalue weighted by Crippen LogP contribution is 2.30. The number of aromatic nitrogens is 4. The third-order valence-corrected chi connectivity index (χ3v) is 6.71. The first-order valence-electron chi connectivity index (χ1n) is 10.2. The number of hydrogen-bond acceptors (Lipinski definition) is 5. The van der Waals surface area contributed by atoms with Crippen LogP contribution in [0.1, 0.15) is 30.7 Å². The van der Waals surface area contributed by atoms with Gasteiger partial charge in [0.1, 0.15) is 5.82 Å². The number of fused-ring (bicyclic) bond motifs is 1. The minimum Gasteiger partial charge on any atom is -0.321 e. The Morgan fingerprint density at radius 2 is 2.00 bits per heavy atom. The highest BCUT2D eigenvalue weighted by Gasteiger charge is 2.18. The first-order valence-corrected chi connectivity index (χ1v) is 11.0. The molecular formula is C22H27N5OS. The monoisotopic (exact) mass is 409 g/mol. The molecule has 152 valence electrons. The zero-order valence-electron chi connectivity index (χ0n) is 16.9. The summed E-state index contributed by atoms with van der Waals surface area (Å²) in [4.78, 5) is 18.9. The lowest BCUT2D eigenvalue weighted by Gasteiger charge is -2.26. The Morgan fingerprint density at radius 3 is 2.79 bits per heavy atom. The van der Waals surface area contributed by atoms with Crippen LogP contribution in [0, 0.1) is 6.92 Å². The maximum atomic E-state index is 12.7. The standard InChI is InChI=1S/C22H27N5OS/c1-3-12-27-19(11-15-26-13-7-4-8-14-26)24-25-22(27)29-20-16(2)17-9-5-6-10-18(17)23-21(20)28/h3,5-6,9-10H,1,4,7-8,11-15H2,2H3,(H,23,28). The predicted molar refractivity (Wildman–Crippen MR) is 118 cm³/mol. The van der Waals surface area contributed by atoms with Crippen LogP contribution >= 0.6 is 11.8 Å². The Labute approximate surface area is 175 Å². The molecule has 4 rings (SSSR count). The van der Waals surface area contributed by atoms with Gasteiger partial charge in [-0.15, -0.1) is 16.8 Å². The van der Waals surface area contributed by atoms with Crippen molar-refractivity contribution in [2.24, 2.45) is 0 Å². The van der Waals surface area contributed by atoms with Crippen molar-refractivity contribution >= 4 is 22.7 Å². The fourth-order valence-corrected chi connectivity index (χ4v) is 4.90. The third-order valence-electron chi connectivity index (χ3n) is 5.52. The van der Waals surface area contributed by atoms with E-state index in [0.717, 1.165) is 40.4 Å². The Morgan fingerprint density at radius 1 is 1.21 bits per heavy atom. The highest BCUT2D eigenvalue weighted by molar-refractivity contribution is 7.99. The molecule has 0 spiro atoms. The van der Waals surface area contributed by atoms with Gasteiger partial charge < -0.3 is 14.5 Å². The quantitative estimate of drug-likeness (QED) is 0.602. The molecule has 3 heterocycles. The number of pyridine rings is 1. The van der Waals surface area contributed by atoms with Crippen LogP contribution < -0.4 is 5.56 Å². The molecule has 29 heavy (non-hydrogen) atoms. The van der Waals surface area contributed by atoms with E-state index in [0.29, 0.717) is 11.4 Å². The van der Waals surface area contributed by atoms with Gasteiger partial charge in [0.2, 0.25) is 0 Å². The topological polar surface area (TPSA) is 66.8 Å². The predicted octanol–water partition coefficient (Wildman–Crippen LogP) is 3.79. The molecule has 1 N–H and O–H groups in total. The molecule has 1 saturated heterocycles. The maximum Gasteiger partial charge on any atom is 0.262 e. The average Bonchev–Trinajstić information content (AvgIpc) is 3.12. The van der Waals surface area contributed by atoms with Gasteiger partial charge in [0.25, 0.3) is 5.56 Å². The number of allylic oxidation sites excluding steroid dienone is 1. The SMILES string of the molecule is C=CCn1c(CCN2CCCCC2)nnc1Sc1c(C)c2ccccc2[nH]c1=O. The van der Waals surface area contributed by atoms with Gasteiger partial charge in [-0.1, -0.05) is 30.7 Å². The van der Waals surface area contributed by atoms with Crippen molar-refractivity contribution in [2.45, 2.75) is 49.2 Å². The number of benzene rings is 1. The van der Waals surface area contributed by atoms with Crippen LogP contribution in [0.3, 0.4) is 0 Å². The number of aryl methyl sites for hydroxylation is 1. The Kier molecular flexibility index (Phi) is 6.16. The largest absolute Gasteiger partial charge is 0.321 e. The smallest absolute Gasteiger partial charge is 0.262 e. The molecule has 0 atom stereocenters. The fourth-order valence-electron chi connectivity index (χ4n) is 3.94. The van der Waals surface area contributed by atoms with Crippen LogP contribution in [-0.4, -0.2) is 44.3 Å². The minimum atomic E-state index is -0.0887. The molecule has 0 aliphatic carbocycles. The highest BCUT2D eigenvalue weighted by atomic mass is 32.2. The van der Waals surface area contributed by atoms with E-state index in [4.69, 9.17) is 0 Å². The summed E-state index contributed by atoms with van der Waals surface area (Å²) in [6.07, 6.45) is 6.61. The number of nitrogens with zero attached hydrogens (tertiary/aromatic N) is 4. The first kappa shape index (κ1) is 19.9. The van der Waals surface area contributed by atoms with Gasteiger partial charge in [0, 0.05) is 30.4 Å². The number of para-hydroxylation sites is 1. The van der Waals surface area contributed by atoms with E-state index in [9.17, 15) is 4.79 Å². The zero-order valence-corrected chi connectivity index (χ0v) is 17.7. The molecule has 6 nitrogen and oxygen atoms in total. The number of rotatable bonds is 7. The number of nitrogens with one attached hydrogen (secondary N) is 1. The number of likely N-dealkylation sites (tertiary alicyclic amines) is 1. The summed E-state index contributed by atoms with van der Waals surface area (Å²) in [6, 6.07) is 7.88. The molecule has 1 aliphatic heterocycles. The molecule has 0 saturated carbocycles. The average molecular weight is 410 g/mol.